The first-order valence-electron chi connectivity index (χ1n) is 8.68. The van der Waals surface area contributed by atoms with Gasteiger partial charge >= 0.3 is 0 Å². The van der Waals surface area contributed by atoms with Crippen molar-refractivity contribution in [2.75, 3.05) is 11.9 Å². The third-order valence-corrected chi connectivity index (χ3v) is 5.23. The van der Waals surface area contributed by atoms with Crippen molar-refractivity contribution in [2.45, 2.75) is 13.3 Å². The third-order valence-electron chi connectivity index (χ3n) is 4.10. The number of rotatable bonds is 6. The number of para-hydroxylation sites is 1. The summed E-state index contributed by atoms with van der Waals surface area (Å²) in [7, 11) is 0. The van der Waals surface area contributed by atoms with Crippen LogP contribution in [0.5, 0.6) is 5.75 Å². The number of carbonyl (C=O) groups excluding carboxylic acids is 1. The first-order valence-corrected chi connectivity index (χ1v) is 9.94. The van der Waals surface area contributed by atoms with Crippen molar-refractivity contribution in [2.24, 2.45) is 0 Å². The van der Waals surface area contributed by atoms with E-state index in [9.17, 15) is 4.79 Å². The number of hydrogen-bond donors (Lipinski definition) is 1. The molecule has 2 aromatic carbocycles. The summed E-state index contributed by atoms with van der Waals surface area (Å²) in [4.78, 5) is 17.3. The largest absolute Gasteiger partial charge is 0.491 e. The fraction of sp³-hybridized carbons (Fsp3) is 0.150. The second-order valence-corrected chi connectivity index (χ2v) is 7.44. The predicted octanol–water partition coefficient (Wildman–Crippen LogP) is 4.83. The first kappa shape index (κ1) is 18.5. The highest BCUT2D eigenvalue weighted by Gasteiger charge is 2.13. The molecule has 0 saturated heterocycles. The number of halogens is 1. The van der Waals surface area contributed by atoms with Gasteiger partial charge in [-0.2, -0.15) is 4.98 Å². The van der Waals surface area contributed by atoms with Gasteiger partial charge in [0.2, 0.25) is 16.8 Å². The van der Waals surface area contributed by atoms with Crippen molar-refractivity contribution < 1.29 is 9.53 Å². The monoisotopic (exact) mass is 412 g/mol. The minimum absolute atomic E-state index is 0.170. The smallest absolute Gasteiger partial charge is 0.250 e. The summed E-state index contributed by atoms with van der Waals surface area (Å²) in [5.41, 5.74) is 3.18. The molecule has 0 bridgehead atoms. The van der Waals surface area contributed by atoms with Gasteiger partial charge in [-0.1, -0.05) is 53.6 Å². The number of benzene rings is 2. The Morgan fingerprint density at radius 2 is 2.00 bits per heavy atom. The SMILES string of the molecule is Cc1ccc(-c2csc3nc(NC(=O)CCOc4ccccc4Cl)nn23)cc1. The van der Waals surface area contributed by atoms with E-state index in [0.29, 0.717) is 10.8 Å². The minimum atomic E-state index is -0.220. The summed E-state index contributed by atoms with van der Waals surface area (Å²) in [6, 6.07) is 15.3. The fourth-order valence-electron chi connectivity index (χ4n) is 2.66. The average Bonchev–Trinajstić information content (AvgIpc) is 3.24. The van der Waals surface area contributed by atoms with E-state index in [4.69, 9.17) is 16.3 Å². The summed E-state index contributed by atoms with van der Waals surface area (Å²) >= 11 is 7.51. The molecule has 0 saturated carbocycles. The maximum absolute atomic E-state index is 12.2. The number of amides is 1. The fourth-order valence-corrected chi connectivity index (χ4v) is 3.68. The number of nitrogens with one attached hydrogen (secondary N) is 1. The van der Waals surface area contributed by atoms with Crippen molar-refractivity contribution in [1.29, 1.82) is 0 Å². The van der Waals surface area contributed by atoms with Crippen LogP contribution >= 0.6 is 22.9 Å². The highest BCUT2D eigenvalue weighted by atomic mass is 35.5. The van der Waals surface area contributed by atoms with E-state index in [1.165, 1.54) is 16.9 Å². The molecule has 0 fully saturated rings. The summed E-state index contributed by atoms with van der Waals surface area (Å²) in [6.07, 6.45) is 0.170. The van der Waals surface area contributed by atoms with Crippen LogP contribution in [0.4, 0.5) is 5.95 Å². The van der Waals surface area contributed by atoms with E-state index in [0.717, 1.165) is 16.2 Å². The molecular formula is C20H17ClN4O2S. The molecule has 0 spiro atoms. The van der Waals surface area contributed by atoms with Crippen LogP contribution in [0, 0.1) is 6.92 Å². The van der Waals surface area contributed by atoms with Crippen LogP contribution in [0.15, 0.2) is 53.9 Å². The van der Waals surface area contributed by atoms with Crippen molar-refractivity contribution in [3.63, 3.8) is 0 Å². The summed E-state index contributed by atoms with van der Waals surface area (Å²) in [5, 5.41) is 9.65. The Hall–Kier alpha value is -2.90. The van der Waals surface area contributed by atoms with Crippen LogP contribution in [0.25, 0.3) is 16.2 Å². The quantitative estimate of drug-likeness (QED) is 0.492. The molecule has 4 rings (SSSR count). The van der Waals surface area contributed by atoms with E-state index >= 15 is 0 Å². The van der Waals surface area contributed by atoms with E-state index in [1.807, 2.05) is 36.6 Å². The number of hydrogen-bond acceptors (Lipinski definition) is 5. The van der Waals surface area contributed by atoms with Gasteiger partial charge in [-0.3, -0.25) is 10.1 Å². The lowest BCUT2D eigenvalue weighted by atomic mass is 10.1. The molecule has 0 aliphatic carbocycles. The zero-order chi connectivity index (χ0) is 19.5. The molecule has 1 amide bonds. The second kappa shape index (κ2) is 8.00. The zero-order valence-electron chi connectivity index (χ0n) is 15.1. The standard InChI is InChI=1S/C20H17ClN4O2S/c1-13-6-8-14(9-7-13)16-12-28-20-23-19(24-25(16)20)22-18(26)10-11-27-17-5-3-2-4-15(17)21/h2-9,12H,10-11H2,1H3,(H,22,24,26). The Morgan fingerprint density at radius 3 is 2.79 bits per heavy atom. The van der Waals surface area contributed by atoms with Crippen LogP contribution in [0.1, 0.15) is 12.0 Å². The lowest BCUT2D eigenvalue weighted by Gasteiger charge is -2.07. The van der Waals surface area contributed by atoms with Crippen LogP contribution in [0.2, 0.25) is 5.02 Å². The van der Waals surface area contributed by atoms with Crippen molar-refractivity contribution in [3.05, 3.63) is 64.5 Å². The van der Waals surface area contributed by atoms with E-state index in [2.05, 4.69) is 27.5 Å². The number of anilines is 1. The van der Waals surface area contributed by atoms with Crippen molar-refractivity contribution in [3.8, 4) is 17.0 Å². The maximum Gasteiger partial charge on any atom is 0.250 e. The highest BCUT2D eigenvalue weighted by molar-refractivity contribution is 7.15. The van der Waals surface area contributed by atoms with Gasteiger partial charge in [0, 0.05) is 10.9 Å². The van der Waals surface area contributed by atoms with E-state index in [-0.39, 0.29) is 24.9 Å². The molecule has 6 nitrogen and oxygen atoms in total. The first-order chi connectivity index (χ1) is 13.6. The molecule has 0 atom stereocenters. The van der Waals surface area contributed by atoms with Gasteiger partial charge < -0.3 is 4.74 Å². The predicted molar refractivity (Wildman–Crippen MR) is 111 cm³/mol. The molecule has 0 aliphatic heterocycles. The number of thiazole rings is 1. The molecule has 2 aromatic heterocycles. The Kier molecular flexibility index (Phi) is 5.27. The van der Waals surface area contributed by atoms with Gasteiger partial charge in [-0.15, -0.1) is 16.4 Å². The summed E-state index contributed by atoms with van der Waals surface area (Å²) < 4.78 is 7.28. The Labute approximate surface area is 170 Å². The van der Waals surface area contributed by atoms with Gasteiger partial charge in [0.25, 0.3) is 0 Å². The number of aryl methyl sites for hydroxylation is 1. The van der Waals surface area contributed by atoms with Crippen LogP contribution in [0.3, 0.4) is 0 Å². The van der Waals surface area contributed by atoms with Gasteiger partial charge in [-0.25, -0.2) is 4.52 Å². The second-order valence-electron chi connectivity index (χ2n) is 6.19. The molecule has 2 heterocycles. The van der Waals surface area contributed by atoms with Gasteiger partial charge in [0.1, 0.15) is 5.75 Å². The van der Waals surface area contributed by atoms with Gasteiger partial charge in [0.05, 0.1) is 23.7 Å². The molecule has 0 unspecified atom stereocenters. The molecule has 1 N–H and O–H groups in total. The number of carbonyl (C=O) groups is 1. The lowest BCUT2D eigenvalue weighted by molar-refractivity contribution is -0.116. The molecule has 28 heavy (non-hydrogen) atoms. The topological polar surface area (TPSA) is 68.5 Å². The Bertz CT molecular complexity index is 1120. The number of ether oxygens (including phenoxy) is 1. The zero-order valence-corrected chi connectivity index (χ0v) is 16.6. The molecule has 142 valence electrons. The minimum Gasteiger partial charge on any atom is -0.491 e. The molecule has 4 aromatic rings. The van der Waals surface area contributed by atoms with Gasteiger partial charge in [-0.05, 0) is 19.1 Å². The summed E-state index contributed by atoms with van der Waals surface area (Å²) in [6.45, 7) is 2.26. The Morgan fingerprint density at radius 1 is 1.21 bits per heavy atom. The van der Waals surface area contributed by atoms with E-state index < -0.39 is 0 Å². The number of nitrogens with zero attached hydrogens (tertiary/aromatic N) is 3. The van der Waals surface area contributed by atoms with Crippen LogP contribution < -0.4 is 10.1 Å². The number of fused-ring (bicyclic) bond motifs is 1. The molecule has 0 radical (unpaired) electrons. The average molecular weight is 413 g/mol. The van der Waals surface area contributed by atoms with Crippen molar-refractivity contribution >= 4 is 39.8 Å². The third kappa shape index (κ3) is 4.00. The van der Waals surface area contributed by atoms with E-state index in [1.54, 1.807) is 16.6 Å². The molecule has 8 heteroatoms. The Balaban J connectivity index is 1.40. The molecule has 0 aliphatic rings. The van der Waals surface area contributed by atoms with Crippen LogP contribution in [-0.2, 0) is 4.79 Å². The molecular weight excluding hydrogens is 396 g/mol. The summed E-state index contributed by atoms with van der Waals surface area (Å²) in [5.74, 6) is 0.616. The van der Waals surface area contributed by atoms with Gasteiger partial charge in [0.15, 0.2) is 0 Å². The van der Waals surface area contributed by atoms with Crippen molar-refractivity contribution in [1.82, 2.24) is 14.6 Å². The highest BCUT2D eigenvalue weighted by Crippen LogP contribution is 2.26. The number of aromatic nitrogens is 3. The normalized spacial score (nSPS) is 10.9. The van der Waals surface area contributed by atoms with Crippen LogP contribution in [-0.4, -0.2) is 27.1 Å². The maximum atomic E-state index is 12.2. The lowest BCUT2D eigenvalue weighted by Crippen LogP contribution is -2.16.